The molecule has 2 heteroatoms. The lowest BCUT2D eigenvalue weighted by Crippen LogP contribution is -2.18. The highest BCUT2D eigenvalue weighted by atomic mass is 16.1. The van der Waals surface area contributed by atoms with Crippen LogP contribution in [0, 0.1) is 25.7 Å². The van der Waals surface area contributed by atoms with E-state index in [0.717, 1.165) is 28.8 Å². The molecule has 2 nitrogen and oxygen atoms in total. The summed E-state index contributed by atoms with van der Waals surface area (Å²) in [6.45, 7) is 4.06. The van der Waals surface area contributed by atoms with E-state index in [9.17, 15) is 4.79 Å². The summed E-state index contributed by atoms with van der Waals surface area (Å²) in [7, 11) is 0. The van der Waals surface area contributed by atoms with Crippen molar-refractivity contribution in [3.8, 4) is 0 Å². The molecule has 2 N–H and O–H groups in total. The minimum atomic E-state index is 0.238. The maximum Gasteiger partial charge on any atom is 0.167 e. The molecule has 1 aromatic carbocycles. The first kappa shape index (κ1) is 11.8. The van der Waals surface area contributed by atoms with E-state index in [1.165, 1.54) is 31.2 Å². The van der Waals surface area contributed by atoms with Gasteiger partial charge in [0, 0.05) is 17.2 Å². The van der Waals surface area contributed by atoms with Gasteiger partial charge in [-0.25, -0.2) is 0 Å². The predicted octanol–water partition coefficient (Wildman–Crippen LogP) is 3.43. The van der Waals surface area contributed by atoms with Gasteiger partial charge in [0.1, 0.15) is 0 Å². The van der Waals surface area contributed by atoms with Gasteiger partial charge in [0.05, 0.1) is 0 Å². The predicted molar refractivity (Wildman–Crippen MR) is 73.8 cm³/mol. The van der Waals surface area contributed by atoms with E-state index in [2.05, 4.69) is 0 Å². The third kappa shape index (κ3) is 1.58. The number of carbonyl (C=O) groups excluding carboxylic acids is 1. The molecule has 0 radical (unpaired) electrons. The summed E-state index contributed by atoms with van der Waals surface area (Å²) >= 11 is 0. The normalized spacial score (nSPS) is 23.7. The van der Waals surface area contributed by atoms with E-state index >= 15 is 0 Å². The van der Waals surface area contributed by atoms with E-state index in [0.29, 0.717) is 11.7 Å². The first-order valence-electron chi connectivity index (χ1n) is 7.02. The topological polar surface area (TPSA) is 43.1 Å². The second-order valence-corrected chi connectivity index (χ2v) is 5.97. The van der Waals surface area contributed by atoms with Crippen LogP contribution >= 0.6 is 0 Å². The number of benzene rings is 1. The number of hydrogen-bond acceptors (Lipinski definition) is 2. The molecular formula is C16H21NO. The Morgan fingerprint density at radius 3 is 2.50 bits per heavy atom. The average Bonchev–Trinajstić information content (AvgIpc) is 2.94. The highest BCUT2D eigenvalue weighted by molar-refractivity contribution is 6.04. The van der Waals surface area contributed by atoms with Crippen molar-refractivity contribution in [1.29, 1.82) is 0 Å². The molecule has 18 heavy (non-hydrogen) atoms. The second kappa shape index (κ2) is 4.11. The van der Waals surface area contributed by atoms with Crippen LogP contribution < -0.4 is 5.73 Å². The van der Waals surface area contributed by atoms with E-state index in [1.54, 1.807) is 0 Å². The van der Waals surface area contributed by atoms with E-state index < -0.39 is 0 Å². The van der Waals surface area contributed by atoms with Crippen LogP contribution in [0.4, 0.5) is 5.69 Å². The summed E-state index contributed by atoms with van der Waals surface area (Å²) in [5.41, 5.74) is 11.2. The summed E-state index contributed by atoms with van der Waals surface area (Å²) in [6.07, 6.45) is 5.98. The number of nitrogens with two attached hydrogens (primary N) is 1. The summed E-state index contributed by atoms with van der Waals surface area (Å²) in [5, 5.41) is 0. The average molecular weight is 243 g/mol. The van der Waals surface area contributed by atoms with Crippen molar-refractivity contribution >= 4 is 11.5 Å². The van der Waals surface area contributed by atoms with Gasteiger partial charge in [0.2, 0.25) is 0 Å². The number of Topliss-reactive ketones (excluding diaryl/α,β-unsaturated/α-hetero) is 1. The molecule has 1 aromatic rings. The zero-order chi connectivity index (χ0) is 12.9. The van der Waals surface area contributed by atoms with Gasteiger partial charge in [-0.05, 0) is 61.8 Å². The minimum Gasteiger partial charge on any atom is -0.398 e. The molecule has 0 aromatic heterocycles. The van der Waals surface area contributed by atoms with Gasteiger partial charge in [-0.3, -0.25) is 4.79 Å². The summed E-state index contributed by atoms with van der Waals surface area (Å²) in [5.74, 6) is 1.24. The molecule has 1 fully saturated rings. The van der Waals surface area contributed by atoms with Crippen molar-refractivity contribution < 1.29 is 4.79 Å². The van der Waals surface area contributed by atoms with Gasteiger partial charge in [-0.15, -0.1) is 0 Å². The summed E-state index contributed by atoms with van der Waals surface area (Å²) in [4.78, 5) is 12.6. The molecule has 2 aliphatic carbocycles. The maximum atomic E-state index is 12.6. The number of hydrogen-bond donors (Lipinski definition) is 1. The van der Waals surface area contributed by atoms with Crippen LogP contribution in [0.25, 0.3) is 0 Å². The molecule has 0 unspecified atom stereocenters. The molecule has 0 heterocycles. The standard InChI is InChI=1S/C16H21NO/c1-9-10(2)15-12(8-14(9)17)7-13(16(15)18)11-5-3-4-6-11/h8,11,13H,3-7,17H2,1-2H3/t13-/m1/s1. The van der Waals surface area contributed by atoms with Crippen molar-refractivity contribution in [2.45, 2.75) is 46.0 Å². The van der Waals surface area contributed by atoms with E-state index in [4.69, 9.17) is 5.73 Å². The molecule has 0 bridgehead atoms. The quantitative estimate of drug-likeness (QED) is 0.768. The molecule has 3 rings (SSSR count). The Kier molecular flexibility index (Phi) is 2.69. The van der Waals surface area contributed by atoms with Crippen LogP contribution in [0.2, 0.25) is 0 Å². The third-order valence-corrected chi connectivity index (χ3v) is 5.01. The Hall–Kier alpha value is -1.31. The molecule has 1 saturated carbocycles. The Morgan fingerprint density at radius 1 is 1.17 bits per heavy atom. The number of ketones is 1. The van der Waals surface area contributed by atoms with Crippen molar-refractivity contribution in [2.75, 3.05) is 5.73 Å². The first-order chi connectivity index (χ1) is 8.59. The van der Waals surface area contributed by atoms with Crippen LogP contribution in [0.1, 0.15) is 52.7 Å². The minimum absolute atomic E-state index is 0.238. The highest BCUT2D eigenvalue weighted by Gasteiger charge is 2.38. The number of carbonyl (C=O) groups is 1. The summed E-state index contributed by atoms with van der Waals surface area (Å²) < 4.78 is 0. The third-order valence-electron chi connectivity index (χ3n) is 5.01. The number of nitrogen functional groups attached to an aromatic ring is 1. The van der Waals surface area contributed by atoms with Gasteiger partial charge < -0.3 is 5.73 Å². The Morgan fingerprint density at radius 2 is 1.83 bits per heavy atom. The molecule has 96 valence electrons. The highest BCUT2D eigenvalue weighted by Crippen LogP contribution is 2.41. The fourth-order valence-corrected chi connectivity index (χ4v) is 3.77. The zero-order valence-electron chi connectivity index (χ0n) is 11.3. The molecule has 0 amide bonds. The molecular weight excluding hydrogens is 222 g/mol. The van der Waals surface area contributed by atoms with Crippen LogP contribution in [0.5, 0.6) is 0 Å². The lowest BCUT2D eigenvalue weighted by molar-refractivity contribution is 0.0894. The summed E-state index contributed by atoms with van der Waals surface area (Å²) in [6, 6.07) is 2.03. The van der Waals surface area contributed by atoms with Gasteiger partial charge >= 0.3 is 0 Å². The Balaban J connectivity index is 2.01. The number of fused-ring (bicyclic) bond motifs is 1. The molecule has 0 saturated heterocycles. The van der Waals surface area contributed by atoms with Crippen molar-refractivity contribution in [3.05, 3.63) is 28.3 Å². The van der Waals surface area contributed by atoms with E-state index in [-0.39, 0.29) is 5.92 Å². The first-order valence-corrected chi connectivity index (χ1v) is 7.02. The molecule has 0 spiro atoms. The Bertz CT molecular complexity index is 512. The second-order valence-electron chi connectivity index (χ2n) is 5.97. The number of rotatable bonds is 1. The van der Waals surface area contributed by atoms with Crippen LogP contribution in [0.3, 0.4) is 0 Å². The lowest BCUT2D eigenvalue weighted by atomic mass is 9.87. The van der Waals surface area contributed by atoms with Crippen LogP contribution in [0.15, 0.2) is 6.07 Å². The molecule has 2 aliphatic rings. The van der Waals surface area contributed by atoms with Crippen molar-refractivity contribution in [2.24, 2.45) is 11.8 Å². The fourth-order valence-electron chi connectivity index (χ4n) is 3.77. The molecule has 0 aliphatic heterocycles. The number of anilines is 1. The monoisotopic (exact) mass is 243 g/mol. The molecule has 1 atom stereocenters. The zero-order valence-corrected chi connectivity index (χ0v) is 11.3. The van der Waals surface area contributed by atoms with Gasteiger partial charge in [0.15, 0.2) is 5.78 Å². The van der Waals surface area contributed by atoms with Gasteiger partial charge in [-0.2, -0.15) is 0 Å². The maximum absolute atomic E-state index is 12.6. The van der Waals surface area contributed by atoms with Gasteiger partial charge in [-0.1, -0.05) is 12.8 Å². The largest absolute Gasteiger partial charge is 0.398 e. The van der Waals surface area contributed by atoms with Gasteiger partial charge in [0.25, 0.3) is 0 Å². The van der Waals surface area contributed by atoms with Crippen molar-refractivity contribution in [1.82, 2.24) is 0 Å². The lowest BCUT2D eigenvalue weighted by Gasteiger charge is -2.15. The van der Waals surface area contributed by atoms with Crippen LogP contribution in [-0.4, -0.2) is 5.78 Å². The SMILES string of the molecule is Cc1c(N)cc2c(c1C)C(=O)[C@@H](C1CCCC1)C2. The Labute approximate surface area is 109 Å². The fraction of sp³-hybridized carbons (Fsp3) is 0.562. The van der Waals surface area contributed by atoms with Crippen molar-refractivity contribution in [3.63, 3.8) is 0 Å². The van der Waals surface area contributed by atoms with E-state index in [1.807, 2.05) is 19.9 Å². The smallest absolute Gasteiger partial charge is 0.167 e. The van der Waals surface area contributed by atoms with Crippen LogP contribution in [-0.2, 0) is 6.42 Å².